The van der Waals surface area contributed by atoms with Crippen molar-refractivity contribution in [1.29, 1.82) is 0 Å². The zero-order valence-corrected chi connectivity index (χ0v) is 13.9. The van der Waals surface area contributed by atoms with Crippen molar-refractivity contribution in [2.75, 3.05) is 0 Å². The number of hydrogen-bond acceptors (Lipinski definition) is 0. The molecule has 0 amide bonds. The van der Waals surface area contributed by atoms with E-state index in [9.17, 15) is 8.78 Å². The Labute approximate surface area is 131 Å². The normalized spacial score (nSPS) is 11.2. The lowest BCUT2D eigenvalue weighted by Gasteiger charge is -2.03. The lowest BCUT2D eigenvalue weighted by atomic mass is 10.0. The van der Waals surface area contributed by atoms with Crippen molar-refractivity contribution >= 4 is 0 Å². The van der Waals surface area contributed by atoms with Gasteiger partial charge >= 0.3 is 0 Å². The van der Waals surface area contributed by atoms with Crippen LogP contribution in [0, 0.1) is 0 Å². The maximum Gasteiger partial charge on any atom is 0.238 e. The molecule has 0 aromatic rings. The topological polar surface area (TPSA) is 0 Å². The second kappa shape index (κ2) is 17.7. The van der Waals surface area contributed by atoms with E-state index < -0.39 is 6.43 Å². The average molecular weight is 302 g/mol. The van der Waals surface area contributed by atoms with Crippen LogP contribution < -0.4 is 0 Å². The zero-order chi connectivity index (χ0) is 15.6. The van der Waals surface area contributed by atoms with Crippen molar-refractivity contribution < 1.29 is 8.78 Å². The maximum absolute atomic E-state index is 11.9. The third-order valence-corrected chi connectivity index (χ3v) is 4.08. The lowest BCUT2D eigenvalue weighted by Crippen LogP contribution is -1.89. The van der Waals surface area contributed by atoms with Crippen LogP contribution in [-0.2, 0) is 0 Å². The molecule has 2 heteroatoms. The van der Waals surface area contributed by atoms with Gasteiger partial charge in [0.15, 0.2) is 0 Å². The molecule has 0 aliphatic carbocycles. The minimum atomic E-state index is -2.10. The molecule has 0 saturated carbocycles. The van der Waals surface area contributed by atoms with E-state index in [0.717, 1.165) is 12.8 Å². The SMILES string of the molecule is C=CCCCCCCCCCCCCCCCCC(F)F. The standard InChI is InChI=1S/C19H36F2/c1-2-3-4-5-6-7-8-9-10-11-12-13-14-15-16-17-18-19(20)21/h2,19H,1,3-18H2. The Bertz CT molecular complexity index is 202. The van der Waals surface area contributed by atoms with E-state index in [1.165, 1.54) is 77.0 Å². The molecule has 0 spiro atoms. The van der Waals surface area contributed by atoms with Gasteiger partial charge in [0.05, 0.1) is 0 Å². The predicted molar refractivity (Wildman–Crippen MR) is 90.1 cm³/mol. The molecule has 0 rings (SSSR count). The summed E-state index contributed by atoms with van der Waals surface area (Å²) >= 11 is 0. The van der Waals surface area contributed by atoms with Gasteiger partial charge < -0.3 is 0 Å². The van der Waals surface area contributed by atoms with Crippen LogP contribution >= 0.6 is 0 Å². The highest BCUT2D eigenvalue weighted by molar-refractivity contribution is 4.65. The number of allylic oxidation sites excluding steroid dienone is 1. The first-order valence-electron chi connectivity index (χ1n) is 9.16. The summed E-state index contributed by atoms with van der Waals surface area (Å²) in [5.41, 5.74) is 0. The number of unbranched alkanes of at least 4 members (excludes halogenated alkanes) is 14. The minimum absolute atomic E-state index is 0.0909. The summed E-state index contributed by atoms with van der Waals surface area (Å²) in [7, 11) is 0. The summed E-state index contributed by atoms with van der Waals surface area (Å²) in [6.07, 6.45) is 18.8. The van der Waals surface area contributed by atoms with Crippen molar-refractivity contribution in [2.24, 2.45) is 0 Å². The van der Waals surface area contributed by atoms with Gasteiger partial charge in [0.1, 0.15) is 0 Å². The van der Waals surface area contributed by atoms with Gasteiger partial charge in [0, 0.05) is 6.42 Å². The molecule has 0 nitrogen and oxygen atoms in total. The zero-order valence-electron chi connectivity index (χ0n) is 13.9. The van der Waals surface area contributed by atoms with Crippen LogP contribution in [0.1, 0.15) is 103 Å². The molecular weight excluding hydrogens is 266 g/mol. The third-order valence-electron chi connectivity index (χ3n) is 4.08. The van der Waals surface area contributed by atoms with Crippen LogP contribution in [0.15, 0.2) is 12.7 Å². The number of halogens is 2. The van der Waals surface area contributed by atoms with E-state index in [1.54, 1.807) is 0 Å². The highest BCUT2D eigenvalue weighted by Gasteiger charge is 2.00. The molecule has 0 aromatic carbocycles. The first-order valence-corrected chi connectivity index (χ1v) is 9.16. The largest absolute Gasteiger partial charge is 0.238 e. The van der Waals surface area contributed by atoms with Crippen molar-refractivity contribution in [3.05, 3.63) is 12.7 Å². The molecule has 0 atom stereocenters. The fourth-order valence-corrected chi connectivity index (χ4v) is 2.71. The van der Waals surface area contributed by atoms with Gasteiger partial charge in [-0.15, -0.1) is 6.58 Å². The Hall–Kier alpha value is -0.400. The van der Waals surface area contributed by atoms with E-state index >= 15 is 0 Å². The van der Waals surface area contributed by atoms with Crippen LogP contribution in [0.25, 0.3) is 0 Å². The molecule has 21 heavy (non-hydrogen) atoms. The van der Waals surface area contributed by atoms with Crippen molar-refractivity contribution in [3.8, 4) is 0 Å². The third kappa shape index (κ3) is 19.6. The van der Waals surface area contributed by atoms with Crippen molar-refractivity contribution in [2.45, 2.75) is 109 Å². The van der Waals surface area contributed by atoms with E-state index in [1.807, 2.05) is 6.08 Å². The lowest BCUT2D eigenvalue weighted by molar-refractivity contribution is 0.133. The van der Waals surface area contributed by atoms with Crippen LogP contribution in [-0.4, -0.2) is 6.43 Å². The Morgan fingerprint density at radius 3 is 1.24 bits per heavy atom. The molecule has 0 unspecified atom stereocenters. The quantitative estimate of drug-likeness (QED) is 0.191. The van der Waals surface area contributed by atoms with Crippen LogP contribution in [0.3, 0.4) is 0 Å². The Morgan fingerprint density at radius 2 is 0.905 bits per heavy atom. The van der Waals surface area contributed by atoms with Gasteiger partial charge in [-0.2, -0.15) is 0 Å². The summed E-state index contributed by atoms with van der Waals surface area (Å²) in [5, 5.41) is 0. The first-order chi connectivity index (χ1) is 10.3. The second-order valence-corrected chi connectivity index (χ2v) is 6.21. The van der Waals surface area contributed by atoms with E-state index in [4.69, 9.17) is 0 Å². The average Bonchev–Trinajstić information content (AvgIpc) is 2.46. The summed E-state index contributed by atoms with van der Waals surface area (Å²) in [6.45, 7) is 3.74. The van der Waals surface area contributed by atoms with Crippen LogP contribution in [0.5, 0.6) is 0 Å². The molecule has 126 valence electrons. The summed E-state index contributed by atoms with van der Waals surface area (Å²) in [4.78, 5) is 0. The van der Waals surface area contributed by atoms with Gasteiger partial charge in [-0.1, -0.05) is 83.1 Å². The van der Waals surface area contributed by atoms with Gasteiger partial charge in [-0.25, -0.2) is 8.78 Å². The van der Waals surface area contributed by atoms with Crippen LogP contribution in [0.2, 0.25) is 0 Å². The number of hydrogen-bond donors (Lipinski definition) is 0. The highest BCUT2D eigenvalue weighted by atomic mass is 19.3. The highest BCUT2D eigenvalue weighted by Crippen LogP contribution is 2.14. The second-order valence-electron chi connectivity index (χ2n) is 6.21. The molecule has 0 heterocycles. The molecule has 0 bridgehead atoms. The Morgan fingerprint density at radius 1 is 0.571 bits per heavy atom. The molecule has 0 aliphatic rings. The monoisotopic (exact) mass is 302 g/mol. The van der Waals surface area contributed by atoms with Crippen LogP contribution in [0.4, 0.5) is 8.78 Å². The molecule has 0 aromatic heterocycles. The van der Waals surface area contributed by atoms with Crippen molar-refractivity contribution in [1.82, 2.24) is 0 Å². The summed E-state index contributed by atoms with van der Waals surface area (Å²) in [5.74, 6) is 0. The maximum atomic E-state index is 11.9. The molecule has 0 saturated heterocycles. The fraction of sp³-hybridized carbons (Fsp3) is 0.895. The predicted octanol–water partition coefficient (Wildman–Crippen LogP) is 7.68. The summed E-state index contributed by atoms with van der Waals surface area (Å²) < 4.78 is 23.8. The first kappa shape index (κ1) is 20.6. The van der Waals surface area contributed by atoms with Gasteiger partial charge in [-0.05, 0) is 19.3 Å². The van der Waals surface area contributed by atoms with Crippen molar-refractivity contribution in [3.63, 3.8) is 0 Å². The van der Waals surface area contributed by atoms with E-state index in [0.29, 0.717) is 6.42 Å². The smallest absolute Gasteiger partial charge is 0.211 e. The molecule has 0 fully saturated rings. The minimum Gasteiger partial charge on any atom is -0.211 e. The molecular formula is C19H36F2. The molecule has 0 N–H and O–H groups in total. The number of rotatable bonds is 17. The molecule has 0 aliphatic heterocycles. The van der Waals surface area contributed by atoms with E-state index in [2.05, 4.69) is 6.58 Å². The Balaban J connectivity index is 2.95. The number of alkyl halides is 2. The summed E-state index contributed by atoms with van der Waals surface area (Å²) in [6, 6.07) is 0. The van der Waals surface area contributed by atoms with Gasteiger partial charge in [0.25, 0.3) is 0 Å². The van der Waals surface area contributed by atoms with Gasteiger partial charge in [0.2, 0.25) is 6.43 Å². The molecule has 0 radical (unpaired) electrons. The van der Waals surface area contributed by atoms with E-state index in [-0.39, 0.29) is 6.42 Å². The van der Waals surface area contributed by atoms with Gasteiger partial charge in [-0.3, -0.25) is 0 Å². The Kier molecular flexibility index (Phi) is 17.3. The fourth-order valence-electron chi connectivity index (χ4n) is 2.71.